The molecule has 1 N–H and O–H groups in total. The number of hydrogen-bond acceptors (Lipinski definition) is 11. The Labute approximate surface area is 247 Å². The van der Waals surface area contributed by atoms with Crippen LogP contribution in [-0.4, -0.2) is 116 Å². The Morgan fingerprint density at radius 3 is 2.45 bits per heavy atom. The minimum atomic E-state index is -1.09. The number of nitrogens with one attached hydrogen (secondary N) is 1. The van der Waals surface area contributed by atoms with Gasteiger partial charge in [-0.2, -0.15) is 0 Å². The Bertz CT molecular complexity index is 1050. The van der Waals surface area contributed by atoms with Crippen LogP contribution in [0, 0.1) is 0 Å². The van der Waals surface area contributed by atoms with E-state index >= 15 is 0 Å². The molecule has 3 aliphatic rings. The van der Waals surface area contributed by atoms with E-state index in [0.717, 1.165) is 12.0 Å². The van der Waals surface area contributed by atoms with Gasteiger partial charge in [-0.3, -0.25) is 29.6 Å². The van der Waals surface area contributed by atoms with Crippen molar-refractivity contribution in [2.75, 3.05) is 52.5 Å². The van der Waals surface area contributed by atoms with Gasteiger partial charge in [0, 0.05) is 33.1 Å². The first kappa shape index (κ1) is 31.9. The highest BCUT2D eigenvalue weighted by molar-refractivity contribution is 5.88. The molecule has 4 rings (SSSR count). The van der Waals surface area contributed by atoms with Crippen LogP contribution in [0.5, 0.6) is 0 Å². The summed E-state index contributed by atoms with van der Waals surface area (Å²) in [6, 6.07) is 7.66. The van der Waals surface area contributed by atoms with Gasteiger partial charge < -0.3 is 18.9 Å². The molecule has 0 bridgehead atoms. The number of nitrogens with zero attached hydrogens (tertiary/aromatic N) is 3. The number of carbonyl (C=O) groups excluding carboxylic acids is 4. The summed E-state index contributed by atoms with van der Waals surface area (Å²) in [5, 5.41) is 6.67. The molecule has 1 aromatic rings. The summed E-state index contributed by atoms with van der Waals surface area (Å²) in [6.45, 7) is 7.22. The number of esters is 3. The quantitative estimate of drug-likeness (QED) is 0.280. The fourth-order valence-electron chi connectivity index (χ4n) is 5.68. The van der Waals surface area contributed by atoms with Crippen molar-refractivity contribution in [1.29, 1.82) is 0 Å². The molecule has 12 nitrogen and oxygen atoms in total. The van der Waals surface area contributed by atoms with Crippen LogP contribution in [-0.2, 0) is 44.5 Å². The molecule has 42 heavy (non-hydrogen) atoms. The Morgan fingerprint density at radius 2 is 1.74 bits per heavy atom. The van der Waals surface area contributed by atoms with Crippen LogP contribution in [0.2, 0.25) is 0 Å². The third kappa shape index (κ3) is 8.97. The average molecular weight is 589 g/mol. The molecule has 12 heteroatoms. The van der Waals surface area contributed by atoms with Gasteiger partial charge in [-0.15, -0.1) is 0 Å². The number of hydrazine groups is 1. The maximum absolute atomic E-state index is 13.9. The molecule has 0 aliphatic carbocycles. The number of rotatable bonds is 12. The molecule has 0 radical (unpaired) electrons. The molecule has 0 saturated carbocycles. The van der Waals surface area contributed by atoms with E-state index in [-0.39, 0.29) is 19.1 Å². The van der Waals surface area contributed by atoms with Crippen LogP contribution >= 0.6 is 0 Å². The van der Waals surface area contributed by atoms with E-state index in [1.54, 1.807) is 6.92 Å². The van der Waals surface area contributed by atoms with E-state index < -0.39 is 42.3 Å². The number of fused-ring (bicyclic) bond motifs is 1. The molecular formula is C30H44N4O8. The zero-order valence-corrected chi connectivity index (χ0v) is 24.7. The second-order valence-electron chi connectivity index (χ2n) is 10.9. The molecule has 4 atom stereocenters. The Kier molecular flexibility index (Phi) is 12.1. The number of carbonyl (C=O) groups is 4. The lowest BCUT2D eigenvalue weighted by atomic mass is 10.0. The van der Waals surface area contributed by atoms with Gasteiger partial charge in [-0.25, -0.2) is 9.80 Å². The van der Waals surface area contributed by atoms with Crippen molar-refractivity contribution in [2.24, 2.45) is 0 Å². The van der Waals surface area contributed by atoms with Crippen LogP contribution in [0.15, 0.2) is 30.3 Å². The lowest BCUT2D eigenvalue weighted by Gasteiger charge is -2.43. The second kappa shape index (κ2) is 16.0. The Morgan fingerprint density at radius 1 is 1.02 bits per heavy atom. The van der Waals surface area contributed by atoms with Crippen LogP contribution in [0.4, 0.5) is 0 Å². The fraction of sp³-hybridized carbons (Fsp3) is 0.667. The van der Waals surface area contributed by atoms with E-state index in [0.29, 0.717) is 71.5 Å². The molecule has 0 aromatic heterocycles. The largest absolute Gasteiger partial charge is 0.465 e. The summed E-state index contributed by atoms with van der Waals surface area (Å²) < 4.78 is 21.5. The standard InChI is InChI=1S/C30H44N4O8/c1-3-40-29(37)25(14-13-23-9-5-4-6-10-23)31-24-11-7-15-33-16-8-12-26(34(33)28(24)36)30(38)42-22(2)41-27(35)21-32-17-19-39-20-18-32/h4-6,9-10,22,24-26,31H,3,7-8,11-21H2,1-2H3/t22?,24?,25-,26-/m0/s1. The predicted molar refractivity (Wildman–Crippen MR) is 152 cm³/mol. The first-order valence-corrected chi connectivity index (χ1v) is 15.1. The van der Waals surface area contributed by atoms with Gasteiger partial charge in [0.05, 0.1) is 32.4 Å². The first-order chi connectivity index (χ1) is 20.4. The van der Waals surface area contributed by atoms with E-state index in [2.05, 4.69) is 5.32 Å². The summed E-state index contributed by atoms with van der Waals surface area (Å²) >= 11 is 0. The minimum Gasteiger partial charge on any atom is -0.465 e. The average Bonchev–Trinajstić information content (AvgIpc) is 3.14. The van der Waals surface area contributed by atoms with Gasteiger partial charge >= 0.3 is 17.9 Å². The topological polar surface area (TPSA) is 127 Å². The minimum absolute atomic E-state index is 0.0896. The van der Waals surface area contributed by atoms with Gasteiger partial charge in [0.25, 0.3) is 5.91 Å². The molecule has 1 aromatic carbocycles. The summed E-state index contributed by atoms with van der Waals surface area (Å²) in [4.78, 5) is 54.4. The van der Waals surface area contributed by atoms with E-state index in [9.17, 15) is 19.2 Å². The number of aryl methyl sites for hydroxylation is 1. The number of benzene rings is 1. The van der Waals surface area contributed by atoms with Crippen molar-refractivity contribution in [3.05, 3.63) is 35.9 Å². The Hall–Kier alpha value is -3.06. The molecule has 2 unspecified atom stereocenters. The van der Waals surface area contributed by atoms with Crippen molar-refractivity contribution in [2.45, 2.75) is 76.8 Å². The summed E-state index contributed by atoms with van der Waals surface area (Å²) in [7, 11) is 0. The zero-order chi connectivity index (χ0) is 29.9. The number of amides is 1. The summed E-state index contributed by atoms with van der Waals surface area (Å²) in [5.74, 6) is -1.78. The molecular weight excluding hydrogens is 544 g/mol. The predicted octanol–water partition coefficient (Wildman–Crippen LogP) is 1.28. The van der Waals surface area contributed by atoms with Crippen LogP contribution in [0.1, 0.15) is 51.5 Å². The van der Waals surface area contributed by atoms with E-state index in [1.165, 1.54) is 11.9 Å². The molecule has 0 spiro atoms. The normalized spacial score (nSPS) is 23.3. The molecule has 232 valence electrons. The van der Waals surface area contributed by atoms with Crippen molar-refractivity contribution in [3.8, 4) is 0 Å². The van der Waals surface area contributed by atoms with Gasteiger partial charge in [0.2, 0.25) is 6.29 Å². The lowest BCUT2D eigenvalue weighted by molar-refractivity contribution is -0.199. The molecule has 1 amide bonds. The highest BCUT2D eigenvalue weighted by Gasteiger charge is 2.43. The van der Waals surface area contributed by atoms with Crippen molar-refractivity contribution in [1.82, 2.24) is 20.2 Å². The first-order valence-electron chi connectivity index (χ1n) is 15.1. The number of hydrogen-bond donors (Lipinski definition) is 1. The van der Waals surface area contributed by atoms with Gasteiger partial charge in [0.1, 0.15) is 12.1 Å². The van der Waals surface area contributed by atoms with Crippen LogP contribution in [0.25, 0.3) is 0 Å². The Balaban J connectivity index is 1.38. The zero-order valence-electron chi connectivity index (χ0n) is 24.7. The monoisotopic (exact) mass is 588 g/mol. The SMILES string of the molecule is CCOC(=O)[C@H](CCc1ccccc1)NC1CCCN2CCC[C@@H](C(=O)OC(C)OC(=O)CN3CCOCC3)N2C1=O. The molecule has 3 fully saturated rings. The van der Waals surface area contributed by atoms with Crippen LogP contribution in [0.3, 0.4) is 0 Å². The van der Waals surface area contributed by atoms with Gasteiger partial charge in [-0.05, 0) is 51.0 Å². The smallest absolute Gasteiger partial charge is 0.333 e. The highest BCUT2D eigenvalue weighted by atomic mass is 16.7. The lowest BCUT2D eigenvalue weighted by Crippen LogP contribution is -2.62. The molecule has 3 heterocycles. The van der Waals surface area contributed by atoms with Crippen molar-refractivity contribution in [3.63, 3.8) is 0 Å². The van der Waals surface area contributed by atoms with Gasteiger partial charge in [-0.1, -0.05) is 30.3 Å². The maximum atomic E-state index is 13.9. The summed E-state index contributed by atoms with van der Waals surface area (Å²) in [6.07, 6.45) is 2.40. The van der Waals surface area contributed by atoms with Gasteiger partial charge in [0.15, 0.2) is 0 Å². The molecule has 3 aliphatic heterocycles. The highest BCUT2D eigenvalue weighted by Crippen LogP contribution is 2.26. The fourth-order valence-corrected chi connectivity index (χ4v) is 5.68. The third-order valence-electron chi connectivity index (χ3n) is 7.77. The number of ether oxygens (including phenoxy) is 4. The van der Waals surface area contributed by atoms with Crippen molar-refractivity contribution >= 4 is 23.8 Å². The number of morpholine rings is 1. The summed E-state index contributed by atoms with van der Waals surface area (Å²) in [5.41, 5.74) is 1.09. The van der Waals surface area contributed by atoms with Crippen LogP contribution < -0.4 is 5.32 Å². The molecule has 3 saturated heterocycles. The van der Waals surface area contributed by atoms with Crippen molar-refractivity contribution < 1.29 is 38.1 Å². The van der Waals surface area contributed by atoms with E-state index in [1.807, 2.05) is 40.2 Å². The second-order valence-corrected chi connectivity index (χ2v) is 10.9. The maximum Gasteiger partial charge on any atom is 0.333 e. The van der Waals surface area contributed by atoms with E-state index in [4.69, 9.17) is 18.9 Å². The third-order valence-corrected chi connectivity index (χ3v) is 7.77.